The third-order valence-electron chi connectivity index (χ3n) is 4.40. The first-order valence-electron chi connectivity index (χ1n) is 8.36. The molecule has 132 valence electrons. The van der Waals surface area contributed by atoms with Crippen LogP contribution in [0.1, 0.15) is 18.0 Å². The molecule has 1 aromatic heterocycles. The molecular formula is C18H24N6O. The molecule has 1 aliphatic heterocycles. The van der Waals surface area contributed by atoms with Gasteiger partial charge in [-0.05, 0) is 19.0 Å². The number of hydrogen-bond donors (Lipinski definition) is 2. The van der Waals surface area contributed by atoms with Crippen molar-refractivity contribution < 1.29 is 4.79 Å². The Morgan fingerprint density at radius 3 is 2.52 bits per heavy atom. The van der Waals surface area contributed by atoms with Gasteiger partial charge in [-0.3, -0.25) is 4.90 Å². The number of nitrogens with zero attached hydrogens (tertiary/aromatic N) is 4. The first-order chi connectivity index (χ1) is 12.0. The third-order valence-corrected chi connectivity index (χ3v) is 4.40. The van der Waals surface area contributed by atoms with E-state index in [4.69, 9.17) is 0 Å². The Morgan fingerprint density at radius 1 is 1.20 bits per heavy atom. The van der Waals surface area contributed by atoms with E-state index in [0.29, 0.717) is 11.6 Å². The zero-order valence-corrected chi connectivity index (χ0v) is 14.8. The van der Waals surface area contributed by atoms with Crippen LogP contribution < -0.4 is 15.5 Å². The lowest BCUT2D eigenvalue weighted by molar-refractivity contribution is 0.240. The molecule has 2 amide bonds. The topological polar surface area (TPSA) is 73.4 Å². The lowest BCUT2D eigenvalue weighted by atomic mass is 10.0. The van der Waals surface area contributed by atoms with Gasteiger partial charge in [0.15, 0.2) is 0 Å². The second-order valence-corrected chi connectivity index (χ2v) is 6.50. The predicted molar refractivity (Wildman–Crippen MR) is 98.7 cm³/mol. The second kappa shape index (κ2) is 7.48. The highest BCUT2D eigenvalue weighted by Gasteiger charge is 2.33. The molecule has 0 radical (unpaired) electrons. The summed E-state index contributed by atoms with van der Waals surface area (Å²) in [6.45, 7) is 0.950. The number of likely N-dealkylation sites (N-methyl/N-ethyl adjacent to an activating group) is 1. The Balaban J connectivity index is 1.63. The minimum Gasteiger partial charge on any atom is -0.347 e. The summed E-state index contributed by atoms with van der Waals surface area (Å²) in [5.41, 5.74) is 1.79. The maximum atomic E-state index is 12.4. The van der Waals surface area contributed by atoms with Crippen LogP contribution in [-0.2, 0) is 0 Å². The lowest BCUT2D eigenvalue weighted by Crippen LogP contribution is -2.41. The van der Waals surface area contributed by atoms with E-state index < -0.39 is 0 Å². The molecule has 2 N–H and O–H groups in total. The number of urea groups is 1. The standard InChI is InChI=1S/C18H24N6O/c1-23(2)17-19-11-14(12-20-17)21-18(25)22-15-9-10-24(3)16(15)13-7-5-4-6-8-13/h4-8,11-12,15-16H,9-10H2,1-3H3,(H2,21,22,25). The number of carbonyl (C=O) groups is 1. The molecule has 0 saturated carbocycles. The molecule has 7 nitrogen and oxygen atoms in total. The van der Waals surface area contributed by atoms with Gasteiger partial charge in [-0.25, -0.2) is 14.8 Å². The molecule has 0 bridgehead atoms. The van der Waals surface area contributed by atoms with Gasteiger partial charge in [0.1, 0.15) is 0 Å². The summed E-state index contributed by atoms with van der Waals surface area (Å²) in [6.07, 6.45) is 4.13. The van der Waals surface area contributed by atoms with E-state index in [1.807, 2.05) is 37.2 Å². The van der Waals surface area contributed by atoms with Crippen molar-refractivity contribution in [3.05, 3.63) is 48.3 Å². The number of nitrogens with one attached hydrogen (secondary N) is 2. The van der Waals surface area contributed by atoms with Crippen molar-refractivity contribution >= 4 is 17.7 Å². The fourth-order valence-electron chi connectivity index (χ4n) is 3.19. The summed E-state index contributed by atoms with van der Waals surface area (Å²) < 4.78 is 0. The van der Waals surface area contributed by atoms with Crippen molar-refractivity contribution in [2.24, 2.45) is 0 Å². The molecule has 1 fully saturated rings. The van der Waals surface area contributed by atoms with E-state index in [-0.39, 0.29) is 18.1 Å². The Bertz CT molecular complexity index is 703. The largest absolute Gasteiger partial charge is 0.347 e. The number of amides is 2. The molecule has 1 aromatic carbocycles. The van der Waals surface area contributed by atoms with E-state index in [9.17, 15) is 4.79 Å². The van der Waals surface area contributed by atoms with Crippen molar-refractivity contribution in [3.63, 3.8) is 0 Å². The van der Waals surface area contributed by atoms with Gasteiger partial charge in [-0.1, -0.05) is 30.3 Å². The van der Waals surface area contributed by atoms with Crippen LogP contribution in [0.5, 0.6) is 0 Å². The average molecular weight is 340 g/mol. The number of aromatic nitrogens is 2. The Morgan fingerprint density at radius 2 is 1.88 bits per heavy atom. The lowest BCUT2D eigenvalue weighted by Gasteiger charge is -2.26. The van der Waals surface area contributed by atoms with Gasteiger partial charge < -0.3 is 15.5 Å². The summed E-state index contributed by atoms with van der Waals surface area (Å²) in [7, 11) is 5.83. The van der Waals surface area contributed by atoms with Gasteiger partial charge in [-0.2, -0.15) is 0 Å². The maximum Gasteiger partial charge on any atom is 0.319 e. The molecule has 2 aromatic rings. The Labute approximate surface area is 148 Å². The quantitative estimate of drug-likeness (QED) is 0.892. The number of carbonyl (C=O) groups excluding carboxylic acids is 1. The van der Waals surface area contributed by atoms with Crippen molar-refractivity contribution in [1.82, 2.24) is 20.2 Å². The van der Waals surface area contributed by atoms with Crippen molar-refractivity contribution in [2.75, 3.05) is 37.9 Å². The maximum absolute atomic E-state index is 12.4. The zero-order chi connectivity index (χ0) is 17.8. The van der Waals surface area contributed by atoms with Crippen LogP contribution in [-0.4, -0.2) is 54.6 Å². The number of benzene rings is 1. The third kappa shape index (κ3) is 4.06. The molecule has 2 unspecified atom stereocenters. The first kappa shape index (κ1) is 17.2. The molecule has 2 atom stereocenters. The SMILES string of the molecule is CN(C)c1ncc(NC(=O)NC2CCN(C)C2c2ccccc2)cn1. The molecule has 0 spiro atoms. The molecule has 7 heteroatoms. The minimum atomic E-state index is -0.234. The summed E-state index contributed by atoms with van der Waals surface area (Å²) in [4.78, 5) is 24.8. The van der Waals surface area contributed by atoms with Crippen LogP contribution in [0, 0.1) is 0 Å². The summed E-state index contributed by atoms with van der Waals surface area (Å²) in [6, 6.07) is 10.3. The Kier molecular flexibility index (Phi) is 5.14. The number of anilines is 2. The second-order valence-electron chi connectivity index (χ2n) is 6.50. The number of likely N-dealkylation sites (tertiary alicyclic amines) is 1. The highest BCUT2D eigenvalue weighted by molar-refractivity contribution is 5.89. The highest BCUT2D eigenvalue weighted by atomic mass is 16.2. The van der Waals surface area contributed by atoms with Crippen LogP contribution in [0.25, 0.3) is 0 Å². The van der Waals surface area contributed by atoms with E-state index >= 15 is 0 Å². The number of rotatable bonds is 4. The van der Waals surface area contributed by atoms with E-state index in [2.05, 4.69) is 44.7 Å². The van der Waals surface area contributed by atoms with E-state index in [0.717, 1.165) is 13.0 Å². The summed E-state index contributed by atoms with van der Waals surface area (Å²) >= 11 is 0. The summed E-state index contributed by atoms with van der Waals surface area (Å²) in [5, 5.41) is 5.90. The van der Waals surface area contributed by atoms with Crippen molar-refractivity contribution in [3.8, 4) is 0 Å². The van der Waals surface area contributed by atoms with Crippen LogP contribution in [0.2, 0.25) is 0 Å². The van der Waals surface area contributed by atoms with Gasteiger partial charge in [-0.15, -0.1) is 0 Å². The fourth-order valence-corrected chi connectivity index (χ4v) is 3.19. The molecule has 1 aliphatic rings. The molecule has 25 heavy (non-hydrogen) atoms. The van der Waals surface area contributed by atoms with Gasteiger partial charge in [0, 0.05) is 20.6 Å². The minimum absolute atomic E-state index is 0.0642. The van der Waals surface area contributed by atoms with E-state index in [1.165, 1.54) is 5.56 Å². The van der Waals surface area contributed by atoms with Crippen molar-refractivity contribution in [1.29, 1.82) is 0 Å². The van der Waals surface area contributed by atoms with Crippen molar-refractivity contribution in [2.45, 2.75) is 18.5 Å². The molecule has 3 rings (SSSR count). The van der Waals surface area contributed by atoms with E-state index in [1.54, 1.807) is 12.4 Å². The summed E-state index contributed by atoms with van der Waals surface area (Å²) in [5.74, 6) is 0.604. The van der Waals surface area contributed by atoms with Gasteiger partial charge in [0.25, 0.3) is 0 Å². The van der Waals surface area contributed by atoms with Crippen LogP contribution in [0.4, 0.5) is 16.4 Å². The fraction of sp³-hybridized carbons (Fsp3) is 0.389. The smallest absolute Gasteiger partial charge is 0.319 e. The van der Waals surface area contributed by atoms with Gasteiger partial charge in [0.2, 0.25) is 5.95 Å². The molecule has 0 aliphatic carbocycles. The average Bonchev–Trinajstić information content (AvgIpc) is 2.96. The zero-order valence-electron chi connectivity index (χ0n) is 14.8. The monoisotopic (exact) mass is 340 g/mol. The molecular weight excluding hydrogens is 316 g/mol. The van der Waals surface area contributed by atoms with Gasteiger partial charge >= 0.3 is 6.03 Å². The van der Waals surface area contributed by atoms with Crippen LogP contribution >= 0.6 is 0 Å². The highest BCUT2D eigenvalue weighted by Crippen LogP contribution is 2.30. The van der Waals surface area contributed by atoms with Gasteiger partial charge in [0.05, 0.1) is 30.2 Å². The normalized spacial score (nSPS) is 20.3. The molecule has 2 heterocycles. The molecule has 1 saturated heterocycles. The van der Waals surface area contributed by atoms with Crippen LogP contribution in [0.15, 0.2) is 42.7 Å². The Hall–Kier alpha value is -2.67. The first-order valence-corrected chi connectivity index (χ1v) is 8.36. The van der Waals surface area contributed by atoms with Crippen LogP contribution in [0.3, 0.4) is 0 Å². The number of hydrogen-bond acceptors (Lipinski definition) is 5. The predicted octanol–water partition coefficient (Wildman–Crippen LogP) is 2.11.